The Bertz CT molecular complexity index is 536. The van der Waals surface area contributed by atoms with E-state index in [9.17, 15) is 4.39 Å². The van der Waals surface area contributed by atoms with Crippen LogP contribution < -0.4 is 5.32 Å². The molecular formula is C14H17FN2S. The molecule has 4 heteroatoms. The van der Waals surface area contributed by atoms with Crippen molar-refractivity contribution in [3.63, 3.8) is 0 Å². The Morgan fingerprint density at radius 1 is 1.44 bits per heavy atom. The van der Waals surface area contributed by atoms with Gasteiger partial charge in [-0.15, -0.1) is 11.3 Å². The molecular weight excluding hydrogens is 247 g/mol. The van der Waals surface area contributed by atoms with Crippen LogP contribution in [0.25, 0.3) is 0 Å². The van der Waals surface area contributed by atoms with E-state index in [1.165, 1.54) is 10.9 Å². The molecule has 96 valence electrons. The Labute approximate surface area is 111 Å². The van der Waals surface area contributed by atoms with Crippen LogP contribution in [0.4, 0.5) is 4.39 Å². The van der Waals surface area contributed by atoms with Gasteiger partial charge in [-0.25, -0.2) is 9.37 Å². The van der Waals surface area contributed by atoms with Gasteiger partial charge in [0.2, 0.25) is 0 Å². The monoisotopic (exact) mass is 264 g/mol. The molecule has 0 aliphatic rings. The van der Waals surface area contributed by atoms with Crippen LogP contribution >= 0.6 is 11.3 Å². The van der Waals surface area contributed by atoms with E-state index in [4.69, 9.17) is 0 Å². The van der Waals surface area contributed by atoms with Gasteiger partial charge in [0.25, 0.3) is 0 Å². The fraction of sp³-hybridized carbons (Fsp3) is 0.357. The molecule has 0 aliphatic carbocycles. The number of benzene rings is 1. The Balaban J connectivity index is 2.38. The molecule has 1 unspecified atom stereocenters. The van der Waals surface area contributed by atoms with E-state index in [2.05, 4.69) is 24.1 Å². The smallest absolute Gasteiger partial charge is 0.123 e. The second kappa shape index (κ2) is 5.59. The number of aryl methyl sites for hydroxylation is 2. The fourth-order valence-electron chi connectivity index (χ4n) is 2.02. The van der Waals surface area contributed by atoms with E-state index >= 15 is 0 Å². The standard InChI is InChI=1S/C14H17FN2S/c1-4-12-9(2)18-14(17-12)13(16-3)10-6-5-7-11(15)8-10/h5-8,13,16H,4H2,1-3H3. The molecule has 2 aromatic rings. The van der Waals surface area contributed by atoms with Crippen molar-refractivity contribution < 1.29 is 4.39 Å². The van der Waals surface area contributed by atoms with Crippen LogP contribution in [0.3, 0.4) is 0 Å². The van der Waals surface area contributed by atoms with Crippen molar-refractivity contribution in [1.82, 2.24) is 10.3 Å². The topological polar surface area (TPSA) is 24.9 Å². The normalized spacial score (nSPS) is 12.7. The summed E-state index contributed by atoms with van der Waals surface area (Å²) in [7, 11) is 1.87. The Hall–Kier alpha value is -1.26. The molecule has 0 aliphatic heterocycles. The van der Waals surface area contributed by atoms with E-state index < -0.39 is 0 Å². The number of nitrogens with zero attached hydrogens (tertiary/aromatic N) is 1. The summed E-state index contributed by atoms with van der Waals surface area (Å²) in [6.07, 6.45) is 0.932. The van der Waals surface area contributed by atoms with Gasteiger partial charge in [0.05, 0.1) is 11.7 Å². The molecule has 2 nitrogen and oxygen atoms in total. The molecule has 1 aromatic heterocycles. The molecule has 1 atom stereocenters. The SMILES string of the molecule is CCc1nc(C(NC)c2cccc(F)c2)sc1C. The van der Waals surface area contributed by atoms with E-state index in [0.717, 1.165) is 22.7 Å². The lowest BCUT2D eigenvalue weighted by Crippen LogP contribution is -2.17. The second-order valence-corrected chi connectivity index (χ2v) is 5.42. The number of halogens is 1. The van der Waals surface area contributed by atoms with Crippen molar-refractivity contribution in [2.24, 2.45) is 0 Å². The quantitative estimate of drug-likeness (QED) is 0.914. The van der Waals surface area contributed by atoms with Crippen LogP contribution in [0, 0.1) is 12.7 Å². The molecule has 0 spiro atoms. The highest BCUT2D eigenvalue weighted by Crippen LogP contribution is 2.28. The average Bonchev–Trinajstić information content (AvgIpc) is 2.71. The zero-order chi connectivity index (χ0) is 13.1. The predicted octanol–water partition coefficient (Wildman–Crippen LogP) is 3.46. The van der Waals surface area contributed by atoms with Crippen molar-refractivity contribution in [3.05, 3.63) is 51.2 Å². The molecule has 1 heterocycles. The lowest BCUT2D eigenvalue weighted by Gasteiger charge is -2.13. The summed E-state index contributed by atoms with van der Waals surface area (Å²) in [6.45, 7) is 4.18. The maximum atomic E-state index is 13.3. The number of thiazole rings is 1. The predicted molar refractivity (Wildman–Crippen MR) is 73.5 cm³/mol. The summed E-state index contributed by atoms with van der Waals surface area (Å²) >= 11 is 1.68. The zero-order valence-electron chi connectivity index (χ0n) is 10.8. The number of hydrogen-bond donors (Lipinski definition) is 1. The van der Waals surface area contributed by atoms with Crippen LogP contribution in [0.1, 0.15) is 34.1 Å². The van der Waals surface area contributed by atoms with Gasteiger partial charge in [0.15, 0.2) is 0 Å². The van der Waals surface area contributed by atoms with Gasteiger partial charge >= 0.3 is 0 Å². The number of rotatable bonds is 4. The molecule has 2 rings (SSSR count). The van der Waals surface area contributed by atoms with Gasteiger partial charge in [0, 0.05) is 4.88 Å². The molecule has 0 saturated heterocycles. The highest BCUT2D eigenvalue weighted by Gasteiger charge is 2.17. The van der Waals surface area contributed by atoms with Crippen LogP contribution in [-0.4, -0.2) is 12.0 Å². The lowest BCUT2D eigenvalue weighted by molar-refractivity contribution is 0.616. The first-order valence-corrected chi connectivity index (χ1v) is 6.86. The highest BCUT2D eigenvalue weighted by molar-refractivity contribution is 7.11. The summed E-state index contributed by atoms with van der Waals surface area (Å²) < 4.78 is 13.3. The lowest BCUT2D eigenvalue weighted by atomic mass is 10.1. The van der Waals surface area contributed by atoms with Gasteiger partial charge in [-0.05, 0) is 38.1 Å². The third-order valence-corrected chi connectivity index (χ3v) is 4.04. The van der Waals surface area contributed by atoms with Gasteiger partial charge in [0.1, 0.15) is 10.8 Å². The number of hydrogen-bond acceptors (Lipinski definition) is 3. The van der Waals surface area contributed by atoms with Gasteiger partial charge in [-0.2, -0.15) is 0 Å². The molecule has 0 fully saturated rings. The minimum Gasteiger partial charge on any atom is -0.307 e. The van der Waals surface area contributed by atoms with E-state index in [-0.39, 0.29) is 11.9 Å². The van der Waals surface area contributed by atoms with Crippen LogP contribution in [0.2, 0.25) is 0 Å². The molecule has 1 N–H and O–H groups in total. The molecule has 1 aromatic carbocycles. The van der Waals surface area contributed by atoms with Crippen molar-refractivity contribution >= 4 is 11.3 Å². The summed E-state index contributed by atoms with van der Waals surface area (Å²) in [4.78, 5) is 5.88. The number of nitrogens with one attached hydrogen (secondary N) is 1. The summed E-state index contributed by atoms with van der Waals surface area (Å²) in [5, 5.41) is 4.21. The Morgan fingerprint density at radius 3 is 2.78 bits per heavy atom. The molecule has 0 amide bonds. The fourth-order valence-corrected chi connectivity index (χ4v) is 3.17. The third kappa shape index (κ3) is 2.60. The van der Waals surface area contributed by atoms with Crippen LogP contribution in [-0.2, 0) is 6.42 Å². The number of aromatic nitrogens is 1. The Kier molecular flexibility index (Phi) is 4.09. The van der Waals surface area contributed by atoms with Gasteiger partial charge < -0.3 is 5.32 Å². The highest BCUT2D eigenvalue weighted by atomic mass is 32.1. The molecule has 18 heavy (non-hydrogen) atoms. The first-order valence-electron chi connectivity index (χ1n) is 6.04. The van der Waals surface area contributed by atoms with Crippen molar-refractivity contribution in [2.75, 3.05) is 7.05 Å². The third-order valence-electron chi connectivity index (χ3n) is 2.96. The Morgan fingerprint density at radius 2 is 2.22 bits per heavy atom. The molecule has 0 bridgehead atoms. The minimum atomic E-state index is -0.211. The summed E-state index contributed by atoms with van der Waals surface area (Å²) in [6, 6.07) is 6.64. The molecule has 0 saturated carbocycles. The van der Waals surface area contributed by atoms with E-state index in [0.29, 0.717) is 0 Å². The first-order chi connectivity index (χ1) is 8.65. The van der Waals surface area contributed by atoms with E-state index in [1.807, 2.05) is 13.1 Å². The minimum absolute atomic E-state index is 0.0373. The first kappa shape index (κ1) is 13.2. The summed E-state index contributed by atoms with van der Waals surface area (Å²) in [5.74, 6) is -0.211. The van der Waals surface area contributed by atoms with Crippen molar-refractivity contribution in [3.8, 4) is 0 Å². The van der Waals surface area contributed by atoms with Crippen LogP contribution in [0.5, 0.6) is 0 Å². The van der Waals surface area contributed by atoms with Crippen LogP contribution in [0.15, 0.2) is 24.3 Å². The van der Waals surface area contributed by atoms with Crippen molar-refractivity contribution in [2.45, 2.75) is 26.3 Å². The maximum absolute atomic E-state index is 13.3. The second-order valence-electron chi connectivity index (χ2n) is 4.19. The maximum Gasteiger partial charge on any atom is 0.123 e. The average molecular weight is 264 g/mol. The zero-order valence-corrected chi connectivity index (χ0v) is 11.6. The largest absolute Gasteiger partial charge is 0.307 e. The summed E-state index contributed by atoms with van der Waals surface area (Å²) in [5.41, 5.74) is 2.04. The van der Waals surface area contributed by atoms with Gasteiger partial charge in [-0.3, -0.25) is 0 Å². The molecule has 0 radical (unpaired) electrons. The van der Waals surface area contributed by atoms with Gasteiger partial charge in [-0.1, -0.05) is 19.1 Å². The van der Waals surface area contributed by atoms with E-state index in [1.54, 1.807) is 23.5 Å². The van der Waals surface area contributed by atoms with Crippen molar-refractivity contribution in [1.29, 1.82) is 0 Å².